The summed E-state index contributed by atoms with van der Waals surface area (Å²) in [6, 6.07) is 6.63. The van der Waals surface area contributed by atoms with Gasteiger partial charge in [0.2, 0.25) is 0 Å². The summed E-state index contributed by atoms with van der Waals surface area (Å²) in [6.07, 6.45) is 0.422. The topological polar surface area (TPSA) is 49.3 Å². The number of ketones is 1. The number of carbonyl (C=O) groups is 1. The number of benzene rings is 1. The highest BCUT2D eigenvalue weighted by Crippen LogP contribution is 2.16. The van der Waals surface area contributed by atoms with E-state index in [-0.39, 0.29) is 23.9 Å². The molecule has 0 bridgehead atoms. The molecule has 1 aromatic rings. The molecule has 1 rings (SSSR count). The van der Waals surface area contributed by atoms with E-state index in [1.165, 1.54) is 6.07 Å². The number of hydrogen-bond acceptors (Lipinski definition) is 3. The van der Waals surface area contributed by atoms with Crippen molar-refractivity contribution in [2.24, 2.45) is 0 Å². The summed E-state index contributed by atoms with van der Waals surface area (Å²) in [5.74, 6) is 0.0399. The van der Waals surface area contributed by atoms with Gasteiger partial charge in [0.05, 0.1) is 5.56 Å². The highest BCUT2D eigenvalue weighted by atomic mass is 35.5. The van der Waals surface area contributed by atoms with Crippen LogP contribution >= 0.6 is 12.4 Å². The molecule has 84 valence electrons. The second-order valence-corrected chi connectivity index (χ2v) is 3.04. The maximum Gasteiger partial charge on any atom is 0.167 e. The van der Waals surface area contributed by atoms with Gasteiger partial charge in [0.25, 0.3) is 0 Å². The summed E-state index contributed by atoms with van der Waals surface area (Å²) < 4.78 is 0. The molecule has 3 nitrogen and oxygen atoms in total. The Bertz CT molecular complexity index is 315. The van der Waals surface area contributed by atoms with Gasteiger partial charge in [0, 0.05) is 13.0 Å². The molecule has 2 N–H and O–H groups in total. The summed E-state index contributed by atoms with van der Waals surface area (Å²) in [5, 5.41) is 12.5. The lowest BCUT2D eigenvalue weighted by atomic mass is 10.1. The maximum atomic E-state index is 11.5. The average Bonchev–Trinajstić information content (AvgIpc) is 2.18. The average molecular weight is 230 g/mol. The third kappa shape index (κ3) is 4.32. The number of aromatic hydroxyl groups is 1. The molecule has 0 atom stereocenters. The first-order valence-electron chi connectivity index (χ1n) is 4.77. The molecule has 1 aromatic carbocycles. The molecule has 0 radical (unpaired) electrons. The zero-order valence-corrected chi connectivity index (χ0v) is 9.51. The number of para-hydroxylation sites is 1. The predicted molar refractivity (Wildman–Crippen MR) is 62.8 cm³/mol. The first-order chi connectivity index (χ1) is 6.75. The Kier molecular flexibility index (Phi) is 6.75. The molecule has 4 heteroatoms. The summed E-state index contributed by atoms with van der Waals surface area (Å²) in [6.45, 7) is 3.50. The third-order valence-electron chi connectivity index (χ3n) is 1.98. The number of Topliss-reactive ketones (excluding diaryl/α,β-unsaturated/α-hetero) is 1. The number of phenolic OH excluding ortho intramolecular Hbond substituents is 1. The van der Waals surface area contributed by atoms with Gasteiger partial charge in [-0.25, -0.2) is 0 Å². The quantitative estimate of drug-likeness (QED) is 0.600. The number of hydrogen-bond donors (Lipinski definition) is 2. The van der Waals surface area contributed by atoms with Crippen LogP contribution in [0.25, 0.3) is 0 Å². The minimum absolute atomic E-state index is 0. The number of rotatable bonds is 5. The summed E-state index contributed by atoms with van der Waals surface area (Å²) in [7, 11) is 0. The Balaban J connectivity index is 0.00000196. The molecular formula is C11H16ClNO2. The Morgan fingerprint density at radius 2 is 2.07 bits per heavy atom. The Labute approximate surface area is 95.9 Å². The van der Waals surface area contributed by atoms with Crippen LogP contribution in [-0.2, 0) is 0 Å². The molecule has 0 saturated heterocycles. The molecule has 0 unspecified atom stereocenters. The standard InChI is InChI=1S/C11H15NO2.ClH/c1-2-12-8-7-11(14)9-5-3-4-6-10(9)13;/h3-6,12-13H,2,7-8H2,1H3;1H. The SMILES string of the molecule is CCNCCC(=O)c1ccccc1O.Cl. The second kappa shape index (κ2) is 7.26. The Morgan fingerprint density at radius 1 is 1.40 bits per heavy atom. The van der Waals surface area contributed by atoms with Crippen LogP contribution in [0.3, 0.4) is 0 Å². The number of halogens is 1. The normalized spacial score (nSPS) is 9.40. The highest BCUT2D eigenvalue weighted by Gasteiger charge is 2.08. The van der Waals surface area contributed by atoms with Crippen molar-refractivity contribution in [1.29, 1.82) is 0 Å². The van der Waals surface area contributed by atoms with E-state index in [0.717, 1.165) is 6.54 Å². The van der Waals surface area contributed by atoms with Crippen molar-refractivity contribution in [2.45, 2.75) is 13.3 Å². The van der Waals surface area contributed by atoms with Crippen molar-refractivity contribution in [2.75, 3.05) is 13.1 Å². The van der Waals surface area contributed by atoms with Gasteiger partial charge in [-0.1, -0.05) is 19.1 Å². The largest absolute Gasteiger partial charge is 0.507 e. The van der Waals surface area contributed by atoms with Crippen molar-refractivity contribution in [3.8, 4) is 5.75 Å². The lowest BCUT2D eigenvalue weighted by Gasteiger charge is -2.03. The Morgan fingerprint density at radius 3 is 2.67 bits per heavy atom. The third-order valence-corrected chi connectivity index (χ3v) is 1.98. The van der Waals surface area contributed by atoms with E-state index < -0.39 is 0 Å². The van der Waals surface area contributed by atoms with E-state index in [9.17, 15) is 9.90 Å². The van der Waals surface area contributed by atoms with Crippen molar-refractivity contribution in [1.82, 2.24) is 5.32 Å². The molecule has 0 aliphatic rings. The first kappa shape index (κ1) is 13.9. The number of carbonyl (C=O) groups excluding carboxylic acids is 1. The molecule has 15 heavy (non-hydrogen) atoms. The smallest absolute Gasteiger partial charge is 0.167 e. The Hall–Kier alpha value is -1.06. The molecule has 0 heterocycles. The van der Waals surface area contributed by atoms with E-state index in [4.69, 9.17) is 0 Å². The number of phenols is 1. The molecule has 0 spiro atoms. The molecule has 0 aliphatic carbocycles. The van der Waals surface area contributed by atoms with E-state index in [1.54, 1.807) is 18.2 Å². The van der Waals surface area contributed by atoms with Crippen LogP contribution in [-0.4, -0.2) is 24.0 Å². The zero-order chi connectivity index (χ0) is 10.4. The van der Waals surface area contributed by atoms with Gasteiger partial charge < -0.3 is 10.4 Å². The van der Waals surface area contributed by atoms with Crippen LogP contribution in [0.2, 0.25) is 0 Å². The predicted octanol–water partition coefficient (Wildman–Crippen LogP) is 2.00. The summed E-state index contributed by atoms with van der Waals surface area (Å²) >= 11 is 0. The van der Waals surface area contributed by atoms with Gasteiger partial charge in [-0.15, -0.1) is 12.4 Å². The van der Waals surface area contributed by atoms with E-state index in [2.05, 4.69) is 5.32 Å². The lowest BCUT2D eigenvalue weighted by Crippen LogP contribution is -2.17. The van der Waals surface area contributed by atoms with E-state index in [1.807, 2.05) is 6.92 Å². The van der Waals surface area contributed by atoms with Crippen LogP contribution in [0.4, 0.5) is 0 Å². The maximum absolute atomic E-state index is 11.5. The lowest BCUT2D eigenvalue weighted by molar-refractivity contribution is 0.0980. The van der Waals surface area contributed by atoms with Crippen molar-refractivity contribution in [3.05, 3.63) is 29.8 Å². The van der Waals surface area contributed by atoms with Crippen LogP contribution in [0.15, 0.2) is 24.3 Å². The fraction of sp³-hybridized carbons (Fsp3) is 0.364. The van der Waals surface area contributed by atoms with Gasteiger partial charge in [0.15, 0.2) is 5.78 Å². The monoisotopic (exact) mass is 229 g/mol. The fourth-order valence-electron chi connectivity index (χ4n) is 1.22. The summed E-state index contributed by atoms with van der Waals surface area (Å²) in [4.78, 5) is 11.5. The first-order valence-corrected chi connectivity index (χ1v) is 4.77. The van der Waals surface area contributed by atoms with Gasteiger partial charge in [0.1, 0.15) is 5.75 Å². The second-order valence-electron chi connectivity index (χ2n) is 3.04. The molecular weight excluding hydrogens is 214 g/mol. The van der Waals surface area contributed by atoms with E-state index >= 15 is 0 Å². The number of nitrogens with one attached hydrogen (secondary N) is 1. The molecule has 0 aliphatic heterocycles. The van der Waals surface area contributed by atoms with Crippen LogP contribution in [0.5, 0.6) is 5.75 Å². The van der Waals surface area contributed by atoms with Crippen molar-refractivity contribution < 1.29 is 9.90 Å². The minimum Gasteiger partial charge on any atom is -0.507 e. The molecule has 0 saturated carbocycles. The zero-order valence-electron chi connectivity index (χ0n) is 8.69. The molecule has 0 aromatic heterocycles. The van der Waals surface area contributed by atoms with Crippen LogP contribution < -0.4 is 5.32 Å². The van der Waals surface area contributed by atoms with Gasteiger partial charge in [-0.3, -0.25) is 4.79 Å². The van der Waals surface area contributed by atoms with Crippen LogP contribution in [0, 0.1) is 0 Å². The van der Waals surface area contributed by atoms with E-state index in [0.29, 0.717) is 18.5 Å². The van der Waals surface area contributed by atoms with Crippen molar-refractivity contribution >= 4 is 18.2 Å². The minimum atomic E-state index is -0.0240. The van der Waals surface area contributed by atoms with Crippen molar-refractivity contribution in [3.63, 3.8) is 0 Å². The molecule has 0 amide bonds. The van der Waals surface area contributed by atoms with Gasteiger partial charge >= 0.3 is 0 Å². The molecule has 0 fully saturated rings. The van der Waals surface area contributed by atoms with Gasteiger partial charge in [-0.05, 0) is 18.7 Å². The fourth-order valence-corrected chi connectivity index (χ4v) is 1.22. The van der Waals surface area contributed by atoms with Crippen LogP contribution in [0.1, 0.15) is 23.7 Å². The van der Waals surface area contributed by atoms with Gasteiger partial charge in [-0.2, -0.15) is 0 Å². The summed E-state index contributed by atoms with van der Waals surface area (Å²) in [5.41, 5.74) is 0.408. The highest BCUT2D eigenvalue weighted by molar-refractivity contribution is 5.98.